The van der Waals surface area contributed by atoms with Gasteiger partial charge in [-0.2, -0.15) is 4.98 Å². The largest absolute Gasteiger partial charge is 0.340 e. The fraction of sp³-hybridized carbons (Fsp3) is 0.412. The van der Waals surface area contributed by atoms with Crippen molar-refractivity contribution in [2.75, 3.05) is 26.2 Å². The molecular formula is C17H20ClN5O3. The van der Waals surface area contributed by atoms with Gasteiger partial charge in [-0.05, 0) is 38.1 Å². The van der Waals surface area contributed by atoms with E-state index < -0.39 is 6.04 Å². The van der Waals surface area contributed by atoms with Crippen LogP contribution in [-0.2, 0) is 4.79 Å². The normalized spacial score (nSPS) is 15.9. The minimum atomic E-state index is -0.477. The quantitative estimate of drug-likeness (QED) is 0.882. The van der Waals surface area contributed by atoms with Crippen molar-refractivity contribution in [3.8, 4) is 11.4 Å². The van der Waals surface area contributed by atoms with Gasteiger partial charge in [-0.25, -0.2) is 4.79 Å². The first-order chi connectivity index (χ1) is 12.5. The fourth-order valence-electron chi connectivity index (χ4n) is 2.68. The SMILES string of the molecule is CCN1CCN(C(=O)NC(C)c2nc(-c3ccc(Cl)cc3)no2)CC1=O. The number of rotatable bonds is 4. The van der Waals surface area contributed by atoms with Gasteiger partial charge in [0.2, 0.25) is 17.6 Å². The van der Waals surface area contributed by atoms with E-state index in [1.807, 2.05) is 6.92 Å². The van der Waals surface area contributed by atoms with Crippen LogP contribution >= 0.6 is 11.6 Å². The number of likely N-dealkylation sites (N-methyl/N-ethyl adjacent to an activating group) is 1. The molecule has 8 nitrogen and oxygen atoms in total. The van der Waals surface area contributed by atoms with Crippen LogP contribution in [0.1, 0.15) is 25.8 Å². The lowest BCUT2D eigenvalue weighted by Crippen LogP contribution is -2.54. The Balaban J connectivity index is 1.61. The molecule has 9 heteroatoms. The number of benzene rings is 1. The zero-order chi connectivity index (χ0) is 18.7. The van der Waals surface area contributed by atoms with Gasteiger partial charge < -0.3 is 19.6 Å². The molecule has 3 rings (SSSR count). The molecule has 1 atom stereocenters. The van der Waals surface area contributed by atoms with Gasteiger partial charge in [0.1, 0.15) is 12.6 Å². The van der Waals surface area contributed by atoms with Crippen LogP contribution in [0.3, 0.4) is 0 Å². The van der Waals surface area contributed by atoms with E-state index >= 15 is 0 Å². The molecule has 0 spiro atoms. The number of carbonyl (C=O) groups excluding carboxylic acids is 2. The van der Waals surface area contributed by atoms with E-state index in [4.69, 9.17) is 16.1 Å². The predicted molar refractivity (Wildman–Crippen MR) is 95.5 cm³/mol. The molecule has 1 aliphatic rings. The van der Waals surface area contributed by atoms with E-state index in [0.717, 1.165) is 5.56 Å². The van der Waals surface area contributed by atoms with Gasteiger partial charge in [-0.3, -0.25) is 4.79 Å². The third-order valence-corrected chi connectivity index (χ3v) is 4.49. The molecule has 3 amide bonds. The van der Waals surface area contributed by atoms with E-state index in [1.54, 1.807) is 36.1 Å². The molecule has 1 unspecified atom stereocenters. The van der Waals surface area contributed by atoms with E-state index in [2.05, 4.69) is 15.5 Å². The van der Waals surface area contributed by atoms with Gasteiger partial charge >= 0.3 is 6.03 Å². The maximum absolute atomic E-state index is 12.4. The lowest BCUT2D eigenvalue weighted by atomic mass is 10.2. The van der Waals surface area contributed by atoms with Crippen LogP contribution in [0.5, 0.6) is 0 Å². The van der Waals surface area contributed by atoms with Crippen LogP contribution in [0.4, 0.5) is 4.79 Å². The monoisotopic (exact) mass is 377 g/mol. The van der Waals surface area contributed by atoms with Crippen LogP contribution in [0.15, 0.2) is 28.8 Å². The molecule has 0 aliphatic carbocycles. The highest BCUT2D eigenvalue weighted by molar-refractivity contribution is 6.30. The number of nitrogens with zero attached hydrogens (tertiary/aromatic N) is 4. The fourth-order valence-corrected chi connectivity index (χ4v) is 2.81. The molecule has 2 heterocycles. The summed E-state index contributed by atoms with van der Waals surface area (Å²) in [5.74, 6) is 0.663. The summed E-state index contributed by atoms with van der Waals surface area (Å²) in [5, 5.41) is 7.35. The Morgan fingerprint density at radius 1 is 1.35 bits per heavy atom. The average molecular weight is 378 g/mol. The van der Waals surface area contributed by atoms with Crippen molar-refractivity contribution >= 4 is 23.5 Å². The molecule has 0 radical (unpaired) electrons. The van der Waals surface area contributed by atoms with E-state index in [9.17, 15) is 9.59 Å². The highest BCUT2D eigenvalue weighted by Crippen LogP contribution is 2.20. The van der Waals surface area contributed by atoms with Gasteiger partial charge in [0.25, 0.3) is 0 Å². The van der Waals surface area contributed by atoms with Crippen molar-refractivity contribution in [2.45, 2.75) is 19.9 Å². The average Bonchev–Trinajstić information content (AvgIpc) is 3.12. The molecule has 2 aromatic rings. The Morgan fingerprint density at radius 2 is 2.08 bits per heavy atom. The summed E-state index contributed by atoms with van der Waals surface area (Å²) in [6.45, 7) is 5.44. The molecule has 1 aromatic carbocycles. The third kappa shape index (κ3) is 3.96. The second-order valence-electron chi connectivity index (χ2n) is 6.03. The maximum Gasteiger partial charge on any atom is 0.318 e. The Bertz CT molecular complexity index is 792. The van der Waals surface area contributed by atoms with Gasteiger partial charge in [0.15, 0.2) is 0 Å². The topological polar surface area (TPSA) is 91.6 Å². The van der Waals surface area contributed by atoms with E-state index in [1.165, 1.54) is 4.90 Å². The summed E-state index contributed by atoms with van der Waals surface area (Å²) in [4.78, 5) is 31.8. The summed E-state index contributed by atoms with van der Waals surface area (Å²) >= 11 is 5.87. The number of aromatic nitrogens is 2. The molecule has 1 fully saturated rings. The Labute approximate surface area is 156 Å². The van der Waals surface area contributed by atoms with Crippen molar-refractivity contribution in [3.05, 3.63) is 35.2 Å². The van der Waals surface area contributed by atoms with Crippen molar-refractivity contribution in [1.82, 2.24) is 25.3 Å². The third-order valence-electron chi connectivity index (χ3n) is 4.24. The summed E-state index contributed by atoms with van der Waals surface area (Å²) < 4.78 is 5.25. The Morgan fingerprint density at radius 3 is 2.73 bits per heavy atom. The summed E-state index contributed by atoms with van der Waals surface area (Å²) in [5.41, 5.74) is 0.768. The summed E-state index contributed by atoms with van der Waals surface area (Å²) in [6, 6.07) is 6.26. The number of halogens is 1. The second-order valence-corrected chi connectivity index (χ2v) is 6.47. The minimum Gasteiger partial charge on any atom is -0.340 e. The number of carbonyl (C=O) groups is 2. The lowest BCUT2D eigenvalue weighted by molar-refractivity contribution is -0.134. The first-order valence-electron chi connectivity index (χ1n) is 8.40. The molecule has 1 N–H and O–H groups in total. The van der Waals surface area contributed by atoms with Gasteiger partial charge in [0, 0.05) is 30.2 Å². The lowest BCUT2D eigenvalue weighted by Gasteiger charge is -2.34. The number of nitrogens with one attached hydrogen (secondary N) is 1. The Hall–Kier alpha value is -2.61. The van der Waals surface area contributed by atoms with E-state index in [-0.39, 0.29) is 18.5 Å². The molecule has 1 aromatic heterocycles. The zero-order valence-corrected chi connectivity index (χ0v) is 15.4. The first kappa shape index (κ1) is 18.2. The van der Waals surface area contributed by atoms with Crippen molar-refractivity contribution in [3.63, 3.8) is 0 Å². The maximum atomic E-state index is 12.4. The number of piperazine rings is 1. The standard InChI is InChI=1S/C17H20ClN5O3/c1-3-22-8-9-23(10-14(22)24)17(25)19-11(2)16-20-15(21-26-16)12-4-6-13(18)7-5-12/h4-7,11H,3,8-10H2,1-2H3,(H,19,25). The highest BCUT2D eigenvalue weighted by atomic mass is 35.5. The van der Waals surface area contributed by atoms with Crippen molar-refractivity contribution < 1.29 is 14.1 Å². The number of hydrogen-bond donors (Lipinski definition) is 1. The van der Waals surface area contributed by atoms with Crippen molar-refractivity contribution in [2.24, 2.45) is 0 Å². The van der Waals surface area contributed by atoms with Crippen LogP contribution in [0.2, 0.25) is 5.02 Å². The number of urea groups is 1. The molecule has 0 bridgehead atoms. The van der Waals surface area contributed by atoms with Crippen LogP contribution < -0.4 is 5.32 Å². The highest BCUT2D eigenvalue weighted by Gasteiger charge is 2.27. The summed E-state index contributed by atoms with van der Waals surface area (Å²) in [6.07, 6.45) is 0. The number of amides is 3. The predicted octanol–water partition coefficient (Wildman–Crippen LogP) is 2.32. The molecular weight excluding hydrogens is 358 g/mol. The summed E-state index contributed by atoms with van der Waals surface area (Å²) in [7, 11) is 0. The van der Waals surface area contributed by atoms with Gasteiger partial charge in [-0.15, -0.1) is 0 Å². The zero-order valence-electron chi connectivity index (χ0n) is 14.6. The van der Waals surface area contributed by atoms with Crippen LogP contribution in [-0.4, -0.2) is 58.1 Å². The Kier molecular flexibility index (Phi) is 5.41. The molecule has 138 valence electrons. The molecule has 1 saturated heterocycles. The smallest absolute Gasteiger partial charge is 0.318 e. The molecule has 0 saturated carbocycles. The molecule has 26 heavy (non-hydrogen) atoms. The van der Waals surface area contributed by atoms with Gasteiger partial charge in [0.05, 0.1) is 0 Å². The van der Waals surface area contributed by atoms with Crippen LogP contribution in [0, 0.1) is 0 Å². The molecule has 1 aliphatic heterocycles. The van der Waals surface area contributed by atoms with Crippen LogP contribution in [0.25, 0.3) is 11.4 Å². The first-order valence-corrected chi connectivity index (χ1v) is 8.78. The van der Waals surface area contributed by atoms with E-state index in [0.29, 0.717) is 36.4 Å². The van der Waals surface area contributed by atoms with Gasteiger partial charge in [-0.1, -0.05) is 16.8 Å². The second kappa shape index (κ2) is 7.74. The minimum absolute atomic E-state index is 0.0515. The van der Waals surface area contributed by atoms with Crippen molar-refractivity contribution in [1.29, 1.82) is 0 Å². The number of hydrogen-bond acceptors (Lipinski definition) is 5.